The third-order valence-corrected chi connectivity index (χ3v) is 6.58. The smallest absolute Gasteiger partial charge is 0.287 e. The summed E-state index contributed by atoms with van der Waals surface area (Å²) >= 11 is 3.07. The minimum Gasteiger partial charge on any atom is -0.451 e. The molecule has 1 N–H and O–H groups in total. The number of carbonyl (C=O) groups excluding carboxylic acids is 1. The van der Waals surface area contributed by atoms with E-state index in [2.05, 4.69) is 25.7 Å². The number of nitrogens with zero attached hydrogens (tertiary/aromatic N) is 4. The van der Waals surface area contributed by atoms with Crippen LogP contribution in [0.2, 0.25) is 0 Å². The van der Waals surface area contributed by atoms with E-state index in [0.717, 1.165) is 39.0 Å². The third-order valence-electron chi connectivity index (χ3n) is 4.58. The van der Waals surface area contributed by atoms with Crippen molar-refractivity contribution in [2.45, 2.75) is 42.3 Å². The summed E-state index contributed by atoms with van der Waals surface area (Å²) in [6.45, 7) is 2.08. The standard InChI is InChI=1S/C19H17N5O3S2/c1-10-22-23-19(29-10)28-9-13-12-4-2-3-5-14(12)26-16(13)18(25)20-8-15-21-17(24-27-15)11-6-7-11/h2-5,11H,6-9H2,1H3,(H,20,25). The molecule has 5 rings (SSSR count). The number of fused-ring (bicyclic) bond motifs is 1. The van der Waals surface area contributed by atoms with Gasteiger partial charge in [0, 0.05) is 22.6 Å². The first-order valence-corrected chi connectivity index (χ1v) is 11.0. The average Bonchev–Trinajstić information content (AvgIpc) is 3.15. The number of hydrogen-bond donors (Lipinski definition) is 1. The second kappa shape index (κ2) is 7.60. The van der Waals surface area contributed by atoms with E-state index in [1.807, 2.05) is 31.2 Å². The lowest BCUT2D eigenvalue weighted by atomic mass is 10.1. The summed E-state index contributed by atoms with van der Waals surface area (Å²) in [5.41, 5.74) is 1.51. The Hall–Kier alpha value is -2.72. The molecule has 148 valence electrons. The maximum Gasteiger partial charge on any atom is 0.287 e. The van der Waals surface area contributed by atoms with Crippen LogP contribution in [0.4, 0.5) is 0 Å². The monoisotopic (exact) mass is 427 g/mol. The minimum atomic E-state index is -0.309. The quantitative estimate of drug-likeness (QED) is 0.440. The largest absolute Gasteiger partial charge is 0.451 e. The van der Waals surface area contributed by atoms with Crippen molar-refractivity contribution in [2.24, 2.45) is 0 Å². The van der Waals surface area contributed by atoms with E-state index >= 15 is 0 Å². The Morgan fingerprint density at radius 3 is 2.97 bits per heavy atom. The van der Waals surface area contributed by atoms with E-state index in [1.165, 1.54) is 23.1 Å². The molecule has 29 heavy (non-hydrogen) atoms. The number of thioether (sulfide) groups is 1. The number of furan rings is 1. The molecule has 0 aliphatic heterocycles. The van der Waals surface area contributed by atoms with E-state index in [9.17, 15) is 4.79 Å². The Balaban J connectivity index is 1.35. The number of carbonyl (C=O) groups is 1. The van der Waals surface area contributed by atoms with Crippen molar-refractivity contribution >= 4 is 40.0 Å². The van der Waals surface area contributed by atoms with Crippen LogP contribution in [0.5, 0.6) is 0 Å². The van der Waals surface area contributed by atoms with Gasteiger partial charge in [-0.1, -0.05) is 46.5 Å². The fourth-order valence-corrected chi connectivity index (χ4v) is 4.82. The van der Waals surface area contributed by atoms with Crippen LogP contribution in [0.15, 0.2) is 37.5 Å². The molecule has 1 aliphatic carbocycles. The van der Waals surface area contributed by atoms with Crippen molar-refractivity contribution in [2.75, 3.05) is 0 Å². The zero-order valence-corrected chi connectivity index (χ0v) is 17.2. The van der Waals surface area contributed by atoms with Crippen molar-refractivity contribution in [3.8, 4) is 0 Å². The van der Waals surface area contributed by atoms with Gasteiger partial charge in [-0.05, 0) is 25.8 Å². The van der Waals surface area contributed by atoms with Gasteiger partial charge in [0.1, 0.15) is 10.6 Å². The Kier molecular flexibility index (Phi) is 4.80. The first kappa shape index (κ1) is 18.3. The molecule has 0 radical (unpaired) electrons. The first-order chi connectivity index (χ1) is 14.2. The van der Waals surface area contributed by atoms with Crippen LogP contribution in [0, 0.1) is 6.92 Å². The molecule has 3 aromatic heterocycles. The molecule has 8 nitrogen and oxygen atoms in total. The summed E-state index contributed by atoms with van der Waals surface area (Å²) in [6, 6.07) is 7.63. The molecular weight excluding hydrogens is 410 g/mol. The van der Waals surface area contributed by atoms with E-state index in [0.29, 0.717) is 28.9 Å². The zero-order chi connectivity index (χ0) is 19.8. The molecule has 1 saturated carbocycles. The molecule has 10 heteroatoms. The summed E-state index contributed by atoms with van der Waals surface area (Å²) in [4.78, 5) is 17.2. The molecule has 1 amide bonds. The van der Waals surface area contributed by atoms with Crippen LogP contribution in [0.25, 0.3) is 11.0 Å². The molecule has 4 aromatic rings. The zero-order valence-electron chi connectivity index (χ0n) is 15.5. The van der Waals surface area contributed by atoms with Gasteiger partial charge in [0.2, 0.25) is 5.89 Å². The maximum absolute atomic E-state index is 12.8. The van der Waals surface area contributed by atoms with Gasteiger partial charge in [-0.15, -0.1) is 10.2 Å². The number of benzene rings is 1. The van der Waals surface area contributed by atoms with Crippen molar-refractivity contribution in [1.82, 2.24) is 25.7 Å². The van der Waals surface area contributed by atoms with E-state index in [1.54, 1.807) is 0 Å². The molecule has 1 aliphatic rings. The predicted octanol–water partition coefficient (Wildman–Crippen LogP) is 4.08. The number of aryl methyl sites for hydroxylation is 1. The lowest BCUT2D eigenvalue weighted by Gasteiger charge is -2.03. The Morgan fingerprint density at radius 1 is 1.31 bits per heavy atom. The highest BCUT2D eigenvalue weighted by molar-refractivity contribution is 8.00. The minimum absolute atomic E-state index is 0.164. The number of amides is 1. The van der Waals surface area contributed by atoms with Crippen molar-refractivity contribution in [3.63, 3.8) is 0 Å². The van der Waals surface area contributed by atoms with E-state index < -0.39 is 0 Å². The third kappa shape index (κ3) is 3.90. The summed E-state index contributed by atoms with van der Waals surface area (Å²) in [6.07, 6.45) is 2.19. The molecule has 1 fully saturated rings. The summed E-state index contributed by atoms with van der Waals surface area (Å²) in [5.74, 6) is 2.07. The molecule has 3 heterocycles. The predicted molar refractivity (Wildman–Crippen MR) is 108 cm³/mol. The number of aromatic nitrogens is 4. The first-order valence-electron chi connectivity index (χ1n) is 9.21. The van der Waals surface area contributed by atoms with Crippen LogP contribution in [0.3, 0.4) is 0 Å². The van der Waals surface area contributed by atoms with Gasteiger partial charge in [-0.3, -0.25) is 4.79 Å². The summed E-state index contributed by atoms with van der Waals surface area (Å²) in [7, 11) is 0. The Morgan fingerprint density at radius 2 is 2.17 bits per heavy atom. The summed E-state index contributed by atoms with van der Waals surface area (Å²) < 4.78 is 12.0. The van der Waals surface area contributed by atoms with Crippen LogP contribution >= 0.6 is 23.1 Å². The van der Waals surface area contributed by atoms with Crippen molar-refractivity contribution in [1.29, 1.82) is 0 Å². The second-order valence-electron chi connectivity index (χ2n) is 6.78. The molecule has 1 aromatic carbocycles. The normalized spacial score (nSPS) is 13.8. The maximum atomic E-state index is 12.8. The van der Waals surface area contributed by atoms with Gasteiger partial charge in [-0.25, -0.2) is 0 Å². The Labute approximate surface area is 174 Å². The van der Waals surface area contributed by atoms with Crippen LogP contribution in [0.1, 0.15) is 51.6 Å². The lowest BCUT2D eigenvalue weighted by Crippen LogP contribution is -2.23. The number of para-hydroxylation sites is 1. The van der Waals surface area contributed by atoms with Crippen molar-refractivity contribution in [3.05, 3.63) is 52.3 Å². The van der Waals surface area contributed by atoms with Crippen LogP contribution in [-0.4, -0.2) is 26.2 Å². The van der Waals surface area contributed by atoms with Crippen LogP contribution < -0.4 is 5.32 Å². The fraction of sp³-hybridized carbons (Fsp3) is 0.316. The molecule has 0 atom stereocenters. The molecular formula is C19H17N5O3S2. The topological polar surface area (TPSA) is 107 Å². The van der Waals surface area contributed by atoms with Gasteiger partial charge in [0.05, 0.1) is 6.54 Å². The molecule has 0 saturated heterocycles. The van der Waals surface area contributed by atoms with Gasteiger partial charge >= 0.3 is 0 Å². The van der Waals surface area contributed by atoms with Gasteiger partial charge < -0.3 is 14.3 Å². The van der Waals surface area contributed by atoms with E-state index in [4.69, 9.17) is 8.94 Å². The molecule has 0 spiro atoms. The van der Waals surface area contributed by atoms with Crippen molar-refractivity contribution < 1.29 is 13.7 Å². The number of nitrogens with one attached hydrogen (secondary N) is 1. The molecule has 0 bridgehead atoms. The number of hydrogen-bond acceptors (Lipinski definition) is 9. The molecule has 0 unspecified atom stereocenters. The highest BCUT2D eigenvalue weighted by Crippen LogP contribution is 2.38. The highest BCUT2D eigenvalue weighted by Gasteiger charge is 2.29. The van der Waals surface area contributed by atoms with Gasteiger partial charge in [-0.2, -0.15) is 4.98 Å². The second-order valence-corrected chi connectivity index (χ2v) is 9.19. The van der Waals surface area contributed by atoms with E-state index in [-0.39, 0.29) is 12.5 Å². The van der Waals surface area contributed by atoms with Gasteiger partial charge in [0.25, 0.3) is 5.91 Å². The lowest BCUT2D eigenvalue weighted by molar-refractivity contribution is 0.0919. The van der Waals surface area contributed by atoms with Gasteiger partial charge in [0.15, 0.2) is 15.9 Å². The average molecular weight is 428 g/mol. The fourth-order valence-electron chi connectivity index (χ4n) is 2.98. The SMILES string of the molecule is Cc1nnc(SCc2c(C(=O)NCc3nc(C4CC4)no3)oc3ccccc23)s1. The summed E-state index contributed by atoms with van der Waals surface area (Å²) in [5, 5.41) is 16.8. The van der Waals surface area contributed by atoms with Crippen LogP contribution in [-0.2, 0) is 12.3 Å². The highest BCUT2D eigenvalue weighted by atomic mass is 32.2. The Bertz CT molecular complexity index is 1180. The number of rotatable bonds is 7.